The quantitative estimate of drug-likeness (QED) is 0.719. The Hall–Kier alpha value is -1.20. The molecule has 0 aromatic carbocycles. The monoisotopic (exact) mass is 252 g/mol. The van der Waals surface area contributed by atoms with Gasteiger partial charge in [-0.1, -0.05) is 20.8 Å². The fourth-order valence-corrected chi connectivity index (χ4v) is 1.42. The van der Waals surface area contributed by atoms with E-state index < -0.39 is 0 Å². The van der Waals surface area contributed by atoms with Gasteiger partial charge in [0.1, 0.15) is 0 Å². The van der Waals surface area contributed by atoms with Crippen molar-refractivity contribution in [2.75, 3.05) is 38.7 Å². The molecule has 5 heteroatoms. The molecule has 1 rings (SSSR count). The lowest BCUT2D eigenvalue weighted by molar-refractivity contribution is 0.200. The minimum absolute atomic E-state index is 0.0517. The van der Waals surface area contributed by atoms with Crippen LogP contribution in [0, 0.1) is 0 Å². The van der Waals surface area contributed by atoms with Gasteiger partial charge in [0.2, 0.25) is 5.95 Å². The van der Waals surface area contributed by atoms with Crippen LogP contribution in [-0.4, -0.2) is 43.3 Å². The van der Waals surface area contributed by atoms with Crippen molar-refractivity contribution < 1.29 is 4.74 Å². The summed E-state index contributed by atoms with van der Waals surface area (Å²) >= 11 is 0. The summed E-state index contributed by atoms with van der Waals surface area (Å²) in [7, 11) is 1.70. The predicted molar refractivity (Wildman–Crippen MR) is 74.0 cm³/mol. The smallest absolute Gasteiger partial charge is 0.222 e. The van der Waals surface area contributed by atoms with Crippen molar-refractivity contribution >= 4 is 5.95 Å². The van der Waals surface area contributed by atoms with Gasteiger partial charge in [-0.25, -0.2) is 9.97 Å². The summed E-state index contributed by atoms with van der Waals surface area (Å²) in [6.45, 7) is 9.70. The number of ether oxygens (including phenoxy) is 1. The third kappa shape index (κ3) is 5.42. The number of rotatable bonds is 7. The number of hydrogen-bond acceptors (Lipinski definition) is 5. The lowest BCUT2D eigenvalue weighted by atomic mass is 9.92. The topological polar surface area (TPSA) is 59.1 Å². The Kier molecular flexibility index (Phi) is 6.01. The Morgan fingerprint density at radius 2 is 2.00 bits per heavy atom. The van der Waals surface area contributed by atoms with Crippen LogP contribution in [0.4, 0.5) is 5.95 Å². The summed E-state index contributed by atoms with van der Waals surface area (Å²) in [5.74, 6) is 0.691. The van der Waals surface area contributed by atoms with Crippen molar-refractivity contribution in [3.05, 3.63) is 18.0 Å². The van der Waals surface area contributed by atoms with Crippen LogP contribution in [0.2, 0.25) is 0 Å². The van der Waals surface area contributed by atoms with Crippen LogP contribution in [0.5, 0.6) is 0 Å². The van der Waals surface area contributed by atoms with Gasteiger partial charge in [-0.05, 0) is 6.07 Å². The first-order valence-electron chi connectivity index (χ1n) is 6.31. The highest BCUT2D eigenvalue weighted by Crippen LogP contribution is 2.19. The van der Waals surface area contributed by atoms with E-state index in [4.69, 9.17) is 4.74 Å². The van der Waals surface area contributed by atoms with Gasteiger partial charge in [-0.15, -0.1) is 0 Å². The maximum atomic E-state index is 4.95. The van der Waals surface area contributed by atoms with Crippen LogP contribution in [0.1, 0.15) is 26.5 Å². The minimum Gasteiger partial charge on any atom is -0.383 e. The zero-order chi connectivity index (χ0) is 13.4. The second-order valence-corrected chi connectivity index (χ2v) is 5.19. The third-order valence-corrected chi connectivity index (χ3v) is 2.49. The molecule has 0 bridgehead atoms. The highest BCUT2D eigenvalue weighted by atomic mass is 16.5. The van der Waals surface area contributed by atoms with Crippen LogP contribution in [0.15, 0.2) is 12.3 Å². The van der Waals surface area contributed by atoms with E-state index in [1.807, 2.05) is 6.07 Å². The molecule has 0 radical (unpaired) electrons. The standard InChI is InChI=1S/C13H24N4O/c1-13(2,3)11-5-6-15-12(17-11)16-8-7-14-9-10-18-4/h5-6,14H,7-10H2,1-4H3,(H,15,16,17). The molecule has 1 aromatic heterocycles. The Morgan fingerprint density at radius 1 is 1.22 bits per heavy atom. The van der Waals surface area contributed by atoms with E-state index in [0.717, 1.165) is 31.9 Å². The van der Waals surface area contributed by atoms with Crippen LogP contribution in [0.3, 0.4) is 0 Å². The molecule has 102 valence electrons. The SMILES string of the molecule is COCCNCCNc1nccc(C(C)(C)C)n1. The second-order valence-electron chi connectivity index (χ2n) is 5.19. The zero-order valence-electron chi connectivity index (χ0n) is 11.8. The summed E-state index contributed by atoms with van der Waals surface area (Å²) in [5, 5.41) is 6.47. The van der Waals surface area contributed by atoms with E-state index in [1.54, 1.807) is 13.3 Å². The van der Waals surface area contributed by atoms with E-state index in [1.165, 1.54) is 0 Å². The molecule has 0 aliphatic heterocycles. The maximum absolute atomic E-state index is 4.95. The molecule has 0 spiro atoms. The first-order chi connectivity index (χ1) is 8.54. The Morgan fingerprint density at radius 3 is 2.67 bits per heavy atom. The van der Waals surface area contributed by atoms with Crippen molar-refractivity contribution in [1.29, 1.82) is 0 Å². The van der Waals surface area contributed by atoms with Gasteiger partial charge in [0.05, 0.1) is 12.3 Å². The van der Waals surface area contributed by atoms with Crippen LogP contribution < -0.4 is 10.6 Å². The minimum atomic E-state index is 0.0517. The molecule has 0 saturated heterocycles. The molecule has 18 heavy (non-hydrogen) atoms. The van der Waals surface area contributed by atoms with Crippen molar-refractivity contribution in [3.63, 3.8) is 0 Å². The van der Waals surface area contributed by atoms with E-state index in [0.29, 0.717) is 5.95 Å². The number of aromatic nitrogens is 2. The molecule has 5 nitrogen and oxygen atoms in total. The summed E-state index contributed by atoms with van der Waals surface area (Å²) < 4.78 is 4.95. The van der Waals surface area contributed by atoms with Crippen LogP contribution in [-0.2, 0) is 10.2 Å². The van der Waals surface area contributed by atoms with Crippen LogP contribution in [0.25, 0.3) is 0 Å². The van der Waals surface area contributed by atoms with Gasteiger partial charge >= 0.3 is 0 Å². The van der Waals surface area contributed by atoms with E-state index >= 15 is 0 Å². The molecule has 0 aliphatic rings. The Balaban J connectivity index is 2.34. The molecule has 0 amide bonds. The molecule has 0 aliphatic carbocycles. The number of nitrogens with zero attached hydrogens (tertiary/aromatic N) is 2. The Bertz CT molecular complexity index is 349. The van der Waals surface area contributed by atoms with Gasteiger partial charge in [-0.3, -0.25) is 0 Å². The van der Waals surface area contributed by atoms with Crippen LogP contribution >= 0.6 is 0 Å². The largest absolute Gasteiger partial charge is 0.383 e. The van der Waals surface area contributed by atoms with E-state index in [2.05, 4.69) is 41.4 Å². The van der Waals surface area contributed by atoms with E-state index in [-0.39, 0.29) is 5.41 Å². The lowest BCUT2D eigenvalue weighted by Crippen LogP contribution is -2.26. The molecule has 0 saturated carbocycles. The molecule has 2 N–H and O–H groups in total. The highest BCUT2D eigenvalue weighted by Gasteiger charge is 2.15. The predicted octanol–water partition coefficient (Wildman–Crippen LogP) is 1.42. The molecule has 1 heterocycles. The van der Waals surface area contributed by atoms with Gasteiger partial charge in [0.25, 0.3) is 0 Å². The maximum Gasteiger partial charge on any atom is 0.222 e. The first-order valence-corrected chi connectivity index (χ1v) is 6.31. The normalized spacial score (nSPS) is 11.6. The Labute approximate surface area is 109 Å². The zero-order valence-corrected chi connectivity index (χ0v) is 11.8. The van der Waals surface area contributed by atoms with Gasteiger partial charge < -0.3 is 15.4 Å². The van der Waals surface area contributed by atoms with Gasteiger partial charge in [-0.2, -0.15) is 0 Å². The third-order valence-electron chi connectivity index (χ3n) is 2.49. The number of methoxy groups -OCH3 is 1. The first kappa shape index (κ1) is 14.9. The lowest BCUT2D eigenvalue weighted by Gasteiger charge is -2.18. The van der Waals surface area contributed by atoms with Crippen molar-refractivity contribution in [3.8, 4) is 0 Å². The molecular formula is C13H24N4O. The summed E-state index contributed by atoms with van der Waals surface area (Å²) in [4.78, 5) is 8.72. The van der Waals surface area contributed by atoms with Gasteiger partial charge in [0.15, 0.2) is 0 Å². The fraction of sp³-hybridized carbons (Fsp3) is 0.692. The average Bonchev–Trinajstić information content (AvgIpc) is 2.33. The summed E-state index contributed by atoms with van der Waals surface area (Å²) in [5.41, 5.74) is 1.10. The van der Waals surface area contributed by atoms with E-state index in [9.17, 15) is 0 Å². The molecular weight excluding hydrogens is 228 g/mol. The van der Waals surface area contributed by atoms with Crippen molar-refractivity contribution in [2.24, 2.45) is 0 Å². The molecule has 0 unspecified atom stereocenters. The van der Waals surface area contributed by atoms with Crippen molar-refractivity contribution in [2.45, 2.75) is 26.2 Å². The second kappa shape index (κ2) is 7.28. The fourth-order valence-electron chi connectivity index (χ4n) is 1.42. The molecule has 0 atom stereocenters. The number of nitrogens with one attached hydrogen (secondary N) is 2. The highest BCUT2D eigenvalue weighted by molar-refractivity contribution is 5.27. The molecule has 1 aromatic rings. The van der Waals surface area contributed by atoms with Crippen molar-refractivity contribution in [1.82, 2.24) is 15.3 Å². The summed E-state index contributed by atoms with van der Waals surface area (Å²) in [6.07, 6.45) is 1.80. The average molecular weight is 252 g/mol. The molecule has 0 fully saturated rings. The number of anilines is 1. The van der Waals surface area contributed by atoms with Gasteiger partial charge in [0, 0.05) is 38.4 Å². The number of hydrogen-bond donors (Lipinski definition) is 2. The summed E-state index contributed by atoms with van der Waals surface area (Å²) in [6, 6.07) is 1.96.